The van der Waals surface area contributed by atoms with Crippen molar-refractivity contribution in [3.8, 4) is 0 Å². The fraction of sp³-hybridized carbons (Fsp3) is 0.391. The molecular weight excluding hydrogens is 419 g/mol. The van der Waals surface area contributed by atoms with E-state index in [1.54, 1.807) is 0 Å². The summed E-state index contributed by atoms with van der Waals surface area (Å²) in [5, 5.41) is 3.53. The van der Waals surface area contributed by atoms with E-state index in [2.05, 4.69) is 51.0 Å². The predicted octanol–water partition coefficient (Wildman–Crippen LogP) is 3.92. The highest BCUT2D eigenvalue weighted by molar-refractivity contribution is 5.85. The third-order valence-electron chi connectivity index (χ3n) is 6.53. The number of hydrogen-bond donors (Lipinski definition) is 1. The molecule has 30 heavy (non-hydrogen) atoms. The summed E-state index contributed by atoms with van der Waals surface area (Å²) in [6.07, 6.45) is 0. The first-order valence-electron chi connectivity index (χ1n) is 10.1. The van der Waals surface area contributed by atoms with Crippen molar-refractivity contribution in [2.45, 2.75) is 26.4 Å². The van der Waals surface area contributed by atoms with E-state index in [-0.39, 0.29) is 36.8 Å². The maximum Gasteiger partial charge on any atom is 0.243 e. The molecule has 3 atom stereocenters. The molecule has 1 N–H and O–H groups in total. The third-order valence-corrected chi connectivity index (χ3v) is 6.53. The molecular formula is C23H28Cl2N4O. The quantitative estimate of drug-likeness (QED) is 0.663. The molecule has 2 aliphatic rings. The first kappa shape index (κ1) is 22.6. The fourth-order valence-electron chi connectivity index (χ4n) is 5.12. The zero-order valence-electron chi connectivity index (χ0n) is 17.2. The largest absolute Gasteiger partial charge is 0.333 e. The summed E-state index contributed by atoms with van der Waals surface area (Å²) in [5.74, 6) is 2.11. The van der Waals surface area contributed by atoms with Crippen LogP contribution in [0.3, 0.4) is 0 Å². The molecule has 0 unspecified atom stereocenters. The van der Waals surface area contributed by atoms with Gasteiger partial charge in [0.15, 0.2) is 0 Å². The monoisotopic (exact) mass is 446 g/mol. The van der Waals surface area contributed by atoms with Crippen LogP contribution in [-0.2, 0) is 11.3 Å². The first-order valence-corrected chi connectivity index (χ1v) is 10.1. The van der Waals surface area contributed by atoms with Crippen LogP contribution in [0.25, 0.3) is 11.0 Å². The van der Waals surface area contributed by atoms with Crippen molar-refractivity contribution in [1.29, 1.82) is 0 Å². The van der Waals surface area contributed by atoms with Crippen molar-refractivity contribution in [2.24, 2.45) is 11.8 Å². The van der Waals surface area contributed by atoms with Crippen LogP contribution in [-0.4, -0.2) is 40.0 Å². The maximum absolute atomic E-state index is 13.5. The minimum Gasteiger partial charge on any atom is -0.333 e. The van der Waals surface area contributed by atoms with E-state index in [1.165, 1.54) is 11.1 Å². The molecule has 0 saturated carbocycles. The number of aryl methyl sites for hydroxylation is 2. The smallest absolute Gasteiger partial charge is 0.243 e. The van der Waals surface area contributed by atoms with Crippen LogP contribution in [0.5, 0.6) is 0 Å². The highest BCUT2D eigenvalue weighted by Gasteiger charge is 2.47. The van der Waals surface area contributed by atoms with Gasteiger partial charge in [-0.1, -0.05) is 36.4 Å². The van der Waals surface area contributed by atoms with Crippen LogP contribution in [0, 0.1) is 25.7 Å². The molecule has 2 aromatic carbocycles. The van der Waals surface area contributed by atoms with Crippen LogP contribution in [0.15, 0.2) is 48.5 Å². The van der Waals surface area contributed by atoms with Crippen LogP contribution >= 0.6 is 24.8 Å². The number of para-hydroxylation sites is 2. The highest BCUT2D eigenvalue weighted by atomic mass is 35.5. The van der Waals surface area contributed by atoms with Gasteiger partial charge in [0.2, 0.25) is 5.91 Å². The average Bonchev–Trinajstić information content (AvgIpc) is 3.36. The lowest BCUT2D eigenvalue weighted by Gasteiger charge is -2.30. The van der Waals surface area contributed by atoms with Crippen LogP contribution in [0.1, 0.15) is 23.0 Å². The summed E-state index contributed by atoms with van der Waals surface area (Å²) in [6.45, 7) is 7.31. The summed E-state index contributed by atoms with van der Waals surface area (Å²) in [7, 11) is 0. The minimum atomic E-state index is 0. The average molecular weight is 447 g/mol. The molecule has 3 heterocycles. The molecule has 1 amide bonds. The number of carbonyl (C=O) groups is 1. The zero-order chi connectivity index (χ0) is 19.3. The molecule has 7 heteroatoms. The van der Waals surface area contributed by atoms with E-state index in [1.807, 2.05) is 31.2 Å². The number of amides is 1. The zero-order valence-corrected chi connectivity index (χ0v) is 18.9. The van der Waals surface area contributed by atoms with Crippen molar-refractivity contribution in [2.75, 3.05) is 19.6 Å². The van der Waals surface area contributed by atoms with Crippen molar-refractivity contribution in [3.05, 3.63) is 65.5 Å². The lowest BCUT2D eigenvalue weighted by molar-refractivity contribution is -0.133. The summed E-state index contributed by atoms with van der Waals surface area (Å²) in [6, 6.07) is 16.7. The van der Waals surface area contributed by atoms with Gasteiger partial charge in [0, 0.05) is 25.6 Å². The van der Waals surface area contributed by atoms with Gasteiger partial charge in [-0.3, -0.25) is 4.79 Å². The molecule has 5 nitrogen and oxygen atoms in total. The van der Waals surface area contributed by atoms with Crippen molar-refractivity contribution in [1.82, 2.24) is 19.8 Å². The van der Waals surface area contributed by atoms with E-state index in [9.17, 15) is 4.79 Å². The molecule has 0 spiro atoms. The van der Waals surface area contributed by atoms with Gasteiger partial charge >= 0.3 is 0 Å². The standard InChI is InChI=1S/C23H26N4O.2ClH/c1-15-7-3-4-8-18(15)23-19-12-24-11-17(19)13-27(23)22(28)14-26-16(2)25-20-9-5-6-10-21(20)26;;/h3-10,17,19,23-24H,11-14H2,1-2H3;2*1H/t17-,19-,23+;;/m0../s1. The van der Waals surface area contributed by atoms with Gasteiger partial charge in [-0.05, 0) is 43.0 Å². The van der Waals surface area contributed by atoms with Gasteiger partial charge < -0.3 is 14.8 Å². The molecule has 2 fully saturated rings. The predicted molar refractivity (Wildman–Crippen MR) is 124 cm³/mol. The van der Waals surface area contributed by atoms with Crippen LogP contribution < -0.4 is 5.32 Å². The summed E-state index contributed by atoms with van der Waals surface area (Å²) >= 11 is 0. The van der Waals surface area contributed by atoms with E-state index in [0.717, 1.165) is 36.5 Å². The Bertz CT molecular complexity index is 1050. The lowest BCUT2D eigenvalue weighted by Crippen LogP contribution is -2.37. The fourth-order valence-corrected chi connectivity index (χ4v) is 5.12. The Labute approximate surface area is 189 Å². The Morgan fingerprint density at radius 3 is 2.60 bits per heavy atom. The van der Waals surface area contributed by atoms with E-state index < -0.39 is 0 Å². The molecule has 0 aliphatic carbocycles. The number of rotatable bonds is 3. The molecule has 2 aliphatic heterocycles. The van der Waals surface area contributed by atoms with E-state index in [0.29, 0.717) is 18.4 Å². The van der Waals surface area contributed by atoms with Gasteiger partial charge in [-0.25, -0.2) is 4.98 Å². The number of nitrogens with one attached hydrogen (secondary N) is 1. The second kappa shape index (κ2) is 8.96. The second-order valence-electron chi connectivity index (χ2n) is 8.16. The minimum absolute atomic E-state index is 0. The highest BCUT2D eigenvalue weighted by Crippen LogP contribution is 2.43. The molecule has 160 valence electrons. The van der Waals surface area contributed by atoms with E-state index in [4.69, 9.17) is 0 Å². The summed E-state index contributed by atoms with van der Waals surface area (Å²) in [4.78, 5) is 20.2. The number of hydrogen-bond acceptors (Lipinski definition) is 3. The van der Waals surface area contributed by atoms with Crippen LogP contribution in [0.2, 0.25) is 0 Å². The van der Waals surface area contributed by atoms with Crippen molar-refractivity contribution >= 4 is 41.8 Å². The van der Waals surface area contributed by atoms with Crippen LogP contribution in [0.4, 0.5) is 0 Å². The number of likely N-dealkylation sites (tertiary alicyclic amines) is 1. The van der Waals surface area contributed by atoms with Gasteiger partial charge in [0.1, 0.15) is 12.4 Å². The Morgan fingerprint density at radius 2 is 1.80 bits per heavy atom. The molecule has 5 rings (SSSR count). The molecule has 1 aromatic heterocycles. The van der Waals surface area contributed by atoms with Crippen molar-refractivity contribution < 1.29 is 4.79 Å². The van der Waals surface area contributed by atoms with Gasteiger partial charge in [0.05, 0.1) is 17.1 Å². The number of nitrogens with zero attached hydrogens (tertiary/aromatic N) is 3. The summed E-state index contributed by atoms with van der Waals surface area (Å²) < 4.78 is 2.05. The lowest BCUT2D eigenvalue weighted by atomic mass is 9.87. The third kappa shape index (κ3) is 3.70. The Balaban J connectivity index is 0.00000128. The molecule has 0 bridgehead atoms. The summed E-state index contributed by atoms with van der Waals surface area (Å²) in [5.41, 5.74) is 4.54. The number of benzene rings is 2. The molecule has 2 saturated heterocycles. The molecule has 0 radical (unpaired) electrons. The number of halogens is 2. The van der Waals surface area contributed by atoms with Gasteiger partial charge in [-0.2, -0.15) is 0 Å². The SMILES string of the molecule is Cc1ccccc1[C@@H]1[C@H]2CNC[C@H]2CN1C(=O)Cn1c(C)nc2ccccc21.Cl.Cl. The Kier molecular flexibility index (Phi) is 6.75. The van der Waals surface area contributed by atoms with Crippen molar-refractivity contribution in [3.63, 3.8) is 0 Å². The second-order valence-corrected chi connectivity index (χ2v) is 8.16. The Hall–Kier alpha value is -2.08. The Morgan fingerprint density at radius 1 is 1.07 bits per heavy atom. The number of fused-ring (bicyclic) bond motifs is 2. The normalized spacial score (nSPS) is 22.5. The number of carbonyl (C=O) groups excluding carboxylic acids is 1. The van der Waals surface area contributed by atoms with Gasteiger partial charge in [0.25, 0.3) is 0 Å². The van der Waals surface area contributed by atoms with E-state index >= 15 is 0 Å². The maximum atomic E-state index is 13.5. The number of imidazole rings is 1. The molecule has 3 aromatic rings. The number of aromatic nitrogens is 2. The topological polar surface area (TPSA) is 50.2 Å². The van der Waals surface area contributed by atoms with Gasteiger partial charge in [-0.15, -0.1) is 24.8 Å². The first-order chi connectivity index (χ1) is 13.6.